The molecule has 2 N–H and O–H groups in total. The van der Waals surface area contributed by atoms with E-state index in [0.29, 0.717) is 0 Å². The highest BCUT2D eigenvalue weighted by Crippen LogP contribution is 2.35. The summed E-state index contributed by atoms with van der Waals surface area (Å²) in [5, 5.41) is 28.6. The highest BCUT2D eigenvalue weighted by atomic mass is 19.4. The fourth-order valence-electron chi connectivity index (χ4n) is 1.42. The summed E-state index contributed by atoms with van der Waals surface area (Å²) in [6.45, 7) is -1.80. The van der Waals surface area contributed by atoms with Crippen molar-refractivity contribution in [3.05, 3.63) is 27.8 Å². The van der Waals surface area contributed by atoms with Gasteiger partial charge in [-0.3, -0.25) is 10.1 Å². The van der Waals surface area contributed by atoms with Gasteiger partial charge in [-0.25, -0.2) is 0 Å². The fraction of sp³-hybridized carbons (Fsp3) is 0.455. The Bertz CT molecular complexity index is 519. The first-order valence-corrected chi connectivity index (χ1v) is 5.54. The summed E-state index contributed by atoms with van der Waals surface area (Å²) in [5.74, 6) is -0.441. The second-order valence-electron chi connectivity index (χ2n) is 3.92. The molecule has 1 aromatic rings. The summed E-state index contributed by atoms with van der Waals surface area (Å²) < 4.78 is 46.0. The van der Waals surface area contributed by atoms with Gasteiger partial charge in [-0.1, -0.05) is 0 Å². The van der Waals surface area contributed by atoms with Crippen LogP contribution >= 0.6 is 0 Å². The van der Waals surface area contributed by atoms with Gasteiger partial charge in [-0.05, 0) is 6.07 Å². The third-order valence-electron chi connectivity index (χ3n) is 2.51. The molecule has 118 valence electrons. The number of nitrogens with zero attached hydrogens (tertiary/aromatic N) is 1. The molecule has 0 aromatic heterocycles. The summed E-state index contributed by atoms with van der Waals surface area (Å²) in [6, 6.07) is 1.90. The Morgan fingerprint density at radius 1 is 1.38 bits per heavy atom. The van der Waals surface area contributed by atoms with Crippen molar-refractivity contribution >= 4 is 5.69 Å². The molecule has 21 heavy (non-hydrogen) atoms. The zero-order valence-electron chi connectivity index (χ0n) is 10.8. The number of nitro groups is 1. The minimum Gasteiger partial charge on any atom is -0.493 e. The van der Waals surface area contributed by atoms with Crippen LogP contribution in [0.1, 0.15) is 5.56 Å². The SMILES string of the molecule is COc1cc(CO)c([N+](=O)[O-])cc1OCC(O)C(F)(F)F. The molecule has 0 fully saturated rings. The Hall–Kier alpha value is -2.07. The molecule has 1 atom stereocenters. The summed E-state index contributed by atoms with van der Waals surface area (Å²) in [6.07, 6.45) is -7.61. The molecular formula is C11H12F3NO6. The number of benzene rings is 1. The zero-order chi connectivity index (χ0) is 16.2. The van der Waals surface area contributed by atoms with Gasteiger partial charge in [-0.2, -0.15) is 13.2 Å². The molecule has 1 rings (SSSR count). The molecule has 0 bridgehead atoms. The van der Waals surface area contributed by atoms with Crippen LogP contribution < -0.4 is 9.47 Å². The third-order valence-corrected chi connectivity index (χ3v) is 2.51. The van der Waals surface area contributed by atoms with Gasteiger partial charge in [0.1, 0.15) is 6.61 Å². The third kappa shape index (κ3) is 4.20. The summed E-state index contributed by atoms with van der Waals surface area (Å²) in [7, 11) is 1.18. The van der Waals surface area contributed by atoms with Crippen LogP contribution in [0.3, 0.4) is 0 Å². The highest BCUT2D eigenvalue weighted by Gasteiger charge is 2.39. The van der Waals surface area contributed by atoms with Crippen LogP contribution in [0, 0.1) is 10.1 Å². The van der Waals surface area contributed by atoms with Crippen LogP contribution in [0.25, 0.3) is 0 Å². The Morgan fingerprint density at radius 3 is 2.43 bits per heavy atom. The monoisotopic (exact) mass is 311 g/mol. The van der Waals surface area contributed by atoms with E-state index in [4.69, 9.17) is 19.7 Å². The van der Waals surface area contributed by atoms with Crippen LogP contribution in [-0.2, 0) is 6.61 Å². The quantitative estimate of drug-likeness (QED) is 0.608. The number of ether oxygens (including phenoxy) is 2. The van der Waals surface area contributed by atoms with Gasteiger partial charge in [0.05, 0.1) is 30.3 Å². The largest absolute Gasteiger partial charge is 0.493 e. The summed E-state index contributed by atoms with van der Waals surface area (Å²) in [4.78, 5) is 9.98. The number of halogens is 3. The lowest BCUT2D eigenvalue weighted by atomic mass is 10.1. The van der Waals surface area contributed by atoms with Crippen LogP contribution in [0.2, 0.25) is 0 Å². The molecule has 0 radical (unpaired) electrons. The molecule has 0 spiro atoms. The van der Waals surface area contributed by atoms with E-state index in [0.717, 1.165) is 12.1 Å². The van der Waals surface area contributed by atoms with E-state index in [2.05, 4.69) is 0 Å². The maximum Gasteiger partial charge on any atom is 0.417 e. The van der Waals surface area contributed by atoms with E-state index in [1.54, 1.807) is 0 Å². The smallest absolute Gasteiger partial charge is 0.417 e. The van der Waals surface area contributed by atoms with Crippen molar-refractivity contribution in [2.75, 3.05) is 13.7 Å². The van der Waals surface area contributed by atoms with E-state index in [1.807, 2.05) is 0 Å². The average Bonchev–Trinajstić information content (AvgIpc) is 2.42. The average molecular weight is 311 g/mol. The predicted octanol–water partition coefficient (Wildman–Crippen LogP) is 1.40. The Morgan fingerprint density at radius 2 is 2.00 bits per heavy atom. The van der Waals surface area contributed by atoms with E-state index in [1.165, 1.54) is 7.11 Å². The molecule has 0 heterocycles. The fourth-order valence-corrected chi connectivity index (χ4v) is 1.42. The van der Waals surface area contributed by atoms with Gasteiger partial charge in [-0.15, -0.1) is 0 Å². The number of rotatable bonds is 6. The number of hydrogen-bond acceptors (Lipinski definition) is 6. The van der Waals surface area contributed by atoms with E-state index in [9.17, 15) is 23.3 Å². The van der Waals surface area contributed by atoms with Crippen molar-refractivity contribution in [2.24, 2.45) is 0 Å². The van der Waals surface area contributed by atoms with Gasteiger partial charge in [0.15, 0.2) is 17.6 Å². The first-order valence-electron chi connectivity index (χ1n) is 5.54. The second kappa shape index (κ2) is 6.59. The number of nitro benzene ring substituents is 1. The van der Waals surface area contributed by atoms with Crippen LogP contribution in [0.15, 0.2) is 12.1 Å². The van der Waals surface area contributed by atoms with Crippen molar-refractivity contribution in [1.82, 2.24) is 0 Å². The van der Waals surface area contributed by atoms with Crippen molar-refractivity contribution in [3.63, 3.8) is 0 Å². The van der Waals surface area contributed by atoms with Crippen LogP contribution in [0.5, 0.6) is 11.5 Å². The van der Waals surface area contributed by atoms with Crippen molar-refractivity contribution in [2.45, 2.75) is 18.9 Å². The number of alkyl halides is 3. The number of hydrogen-bond donors (Lipinski definition) is 2. The number of methoxy groups -OCH3 is 1. The highest BCUT2D eigenvalue weighted by molar-refractivity contribution is 5.54. The minimum absolute atomic E-state index is 0.0828. The van der Waals surface area contributed by atoms with Gasteiger partial charge in [0.25, 0.3) is 5.69 Å². The molecule has 0 aliphatic heterocycles. The first kappa shape index (κ1) is 17.0. The normalized spacial score (nSPS) is 12.9. The lowest BCUT2D eigenvalue weighted by Crippen LogP contribution is -2.34. The Labute approximate surface area is 116 Å². The number of aliphatic hydroxyl groups excluding tert-OH is 2. The van der Waals surface area contributed by atoms with Gasteiger partial charge in [0, 0.05) is 0 Å². The maximum atomic E-state index is 12.2. The molecule has 0 saturated heterocycles. The molecule has 7 nitrogen and oxygen atoms in total. The van der Waals surface area contributed by atoms with Gasteiger partial charge >= 0.3 is 6.18 Å². The van der Waals surface area contributed by atoms with Crippen molar-refractivity contribution < 1.29 is 37.8 Å². The van der Waals surface area contributed by atoms with Gasteiger partial charge in [0.2, 0.25) is 0 Å². The zero-order valence-corrected chi connectivity index (χ0v) is 10.8. The molecule has 0 amide bonds. The van der Waals surface area contributed by atoms with E-state index in [-0.39, 0.29) is 17.1 Å². The van der Waals surface area contributed by atoms with Crippen molar-refractivity contribution in [3.8, 4) is 11.5 Å². The Balaban J connectivity index is 3.05. The number of aliphatic hydroxyl groups is 2. The molecular weight excluding hydrogens is 299 g/mol. The maximum absolute atomic E-state index is 12.2. The lowest BCUT2D eigenvalue weighted by molar-refractivity contribution is -0.386. The van der Waals surface area contributed by atoms with Gasteiger partial charge < -0.3 is 19.7 Å². The van der Waals surface area contributed by atoms with E-state index < -0.39 is 36.1 Å². The summed E-state index contributed by atoms with van der Waals surface area (Å²) in [5.41, 5.74) is -0.615. The second-order valence-corrected chi connectivity index (χ2v) is 3.92. The standard InChI is InChI=1S/C11H12F3NO6/c1-20-8-2-6(4-16)7(15(18)19)3-9(8)21-5-10(17)11(12,13)14/h2-3,10,16-17H,4-5H2,1H3. The van der Waals surface area contributed by atoms with E-state index >= 15 is 0 Å². The Kier molecular flexibility index (Phi) is 5.33. The molecule has 0 saturated carbocycles. The first-order chi connectivity index (χ1) is 9.70. The molecule has 0 aliphatic carbocycles. The van der Waals surface area contributed by atoms with Crippen LogP contribution in [-0.4, -0.2) is 41.1 Å². The summed E-state index contributed by atoms with van der Waals surface area (Å²) >= 11 is 0. The lowest BCUT2D eigenvalue weighted by Gasteiger charge is -2.17. The molecule has 1 unspecified atom stereocenters. The minimum atomic E-state index is -4.87. The topological polar surface area (TPSA) is 102 Å². The predicted molar refractivity (Wildman–Crippen MR) is 63.1 cm³/mol. The molecule has 10 heteroatoms. The van der Waals surface area contributed by atoms with Crippen LogP contribution in [0.4, 0.5) is 18.9 Å². The molecule has 1 aromatic carbocycles. The molecule has 0 aliphatic rings. The van der Waals surface area contributed by atoms with Crippen molar-refractivity contribution in [1.29, 1.82) is 0 Å².